The lowest BCUT2D eigenvalue weighted by Gasteiger charge is -2.23. The Morgan fingerprint density at radius 1 is 1.08 bits per heavy atom. The molecule has 1 N–H and O–H groups in total. The standard InChI is InChI=1S/C11H21N/c1-11(2,3)7-12-10-5-8-4-9(8)6-10/h8-10,12H,4-7H2,1-3H3. The van der Waals surface area contributed by atoms with E-state index in [1.807, 2.05) is 0 Å². The highest BCUT2D eigenvalue weighted by Gasteiger charge is 2.45. The van der Waals surface area contributed by atoms with Crippen molar-refractivity contribution >= 4 is 0 Å². The van der Waals surface area contributed by atoms with Gasteiger partial charge in [-0.1, -0.05) is 20.8 Å². The first-order valence-electron chi connectivity index (χ1n) is 5.28. The SMILES string of the molecule is CC(C)(C)CNC1CC2CC2C1. The van der Waals surface area contributed by atoms with Crippen molar-refractivity contribution in [2.75, 3.05) is 6.54 Å². The van der Waals surface area contributed by atoms with E-state index in [1.165, 1.54) is 25.8 Å². The number of nitrogens with one attached hydrogen (secondary N) is 1. The lowest BCUT2D eigenvalue weighted by Crippen LogP contribution is -2.34. The van der Waals surface area contributed by atoms with E-state index >= 15 is 0 Å². The largest absolute Gasteiger partial charge is 0.313 e. The van der Waals surface area contributed by atoms with Crippen molar-refractivity contribution in [3.63, 3.8) is 0 Å². The van der Waals surface area contributed by atoms with Gasteiger partial charge in [-0.3, -0.25) is 0 Å². The lowest BCUT2D eigenvalue weighted by molar-refractivity contribution is 0.342. The average Bonchev–Trinajstić information content (AvgIpc) is 2.54. The van der Waals surface area contributed by atoms with Gasteiger partial charge in [-0.15, -0.1) is 0 Å². The Balaban J connectivity index is 1.68. The minimum absolute atomic E-state index is 0.451. The summed E-state index contributed by atoms with van der Waals surface area (Å²) in [6.07, 6.45) is 4.45. The van der Waals surface area contributed by atoms with Crippen LogP contribution in [0.1, 0.15) is 40.0 Å². The van der Waals surface area contributed by atoms with E-state index in [0.717, 1.165) is 17.9 Å². The third kappa shape index (κ3) is 2.01. The number of rotatable bonds is 2. The van der Waals surface area contributed by atoms with Gasteiger partial charge in [0.25, 0.3) is 0 Å². The molecule has 0 aromatic rings. The summed E-state index contributed by atoms with van der Waals surface area (Å²) in [6, 6.07) is 0.855. The summed E-state index contributed by atoms with van der Waals surface area (Å²) in [6.45, 7) is 8.08. The van der Waals surface area contributed by atoms with Gasteiger partial charge in [0, 0.05) is 12.6 Å². The highest BCUT2D eigenvalue weighted by molar-refractivity contribution is 4.98. The maximum Gasteiger partial charge on any atom is 0.00727 e. The fraction of sp³-hybridized carbons (Fsp3) is 1.00. The van der Waals surface area contributed by atoms with Crippen molar-refractivity contribution < 1.29 is 0 Å². The maximum absolute atomic E-state index is 3.68. The number of hydrogen-bond donors (Lipinski definition) is 1. The smallest absolute Gasteiger partial charge is 0.00727 e. The Bertz CT molecular complexity index is 158. The van der Waals surface area contributed by atoms with Crippen LogP contribution in [0.25, 0.3) is 0 Å². The van der Waals surface area contributed by atoms with Gasteiger partial charge < -0.3 is 5.32 Å². The van der Waals surface area contributed by atoms with Crippen LogP contribution in [0.5, 0.6) is 0 Å². The molecule has 0 heterocycles. The Kier molecular flexibility index (Phi) is 1.95. The van der Waals surface area contributed by atoms with E-state index < -0.39 is 0 Å². The van der Waals surface area contributed by atoms with Crippen molar-refractivity contribution in [2.45, 2.75) is 46.1 Å². The summed E-state index contributed by atoms with van der Waals surface area (Å²) >= 11 is 0. The minimum atomic E-state index is 0.451. The van der Waals surface area contributed by atoms with E-state index in [-0.39, 0.29) is 0 Å². The Hall–Kier alpha value is -0.0400. The molecule has 0 aromatic heterocycles. The van der Waals surface area contributed by atoms with E-state index in [0.29, 0.717) is 5.41 Å². The molecular formula is C11H21N. The van der Waals surface area contributed by atoms with Crippen LogP contribution < -0.4 is 5.32 Å². The van der Waals surface area contributed by atoms with E-state index in [9.17, 15) is 0 Å². The van der Waals surface area contributed by atoms with Gasteiger partial charge >= 0.3 is 0 Å². The van der Waals surface area contributed by atoms with Gasteiger partial charge in [0.2, 0.25) is 0 Å². The zero-order chi connectivity index (χ0) is 8.77. The summed E-state index contributed by atoms with van der Waals surface area (Å²) in [5, 5.41) is 3.68. The molecule has 2 atom stereocenters. The molecule has 2 rings (SSSR count). The van der Waals surface area contributed by atoms with Gasteiger partial charge in [-0.05, 0) is 36.5 Å². The molecule has 0 spiro atoms. The fourth-order valence-corrected chi connectivity index (χ4v) is 2.33. The zero-order valence-corrected chi connectivity index (χ0v) is 8.56. The van der Waals surface area contributed by atoms with Crippen LogP contribution in [0.2, 0.25) is 0 Å². The highest BCUT2D eigenvalue weighted by atomic mass is 14.9. The molecule has 0 radical (unpaired) electrons. The molecule has 12 heavy (non-hydrogen) atoms. The van der Waals surface area contributed by atoms with Gasteiger partial charge in [-0.2, -0.15) is 0 Å². The molecule has 2 fully saturated rings. The fourth-order valence-electron chi connectivity index (χ4n) is 2.33. The summed E-state index contributed by atoms with van der Waals surface area (Å²) in [7, 11) is 0. The minimum Gasteiger partial charge on any atom is -0.313 e. The third-order valence-electron chi connectivity index (χ3n) is 3.16. The number of hydrogen-bond acceptors (Lipinski definition) is 1. The Morgan fingerprint density at radius 2 is 1.67 bits per heavy atom. The molecule has 2 aliphatic carbocycles. The third-order valence-corrected chi connectivity index (χ3v) is 3.16. The second-order valence-electron chi connectivity index (χ2n) is 5.87. The first-order valence-corrected chi connectivity index (χ1v) is 5.28. The maximum atomic E-state index is 3.68. The van der Waals surface area contributed by atoms with Gasteiger partial charge in [0.1, 0.15) is 0 Å². The topological polar surface area (TPSA) is 12.0 Å². The van der Waals surface area contributed by atoms with Gasteiger partial charge in [0.05, 0.1) is 0 Å². The molecule has 0 bridgehead atoms. The molecule has 70 valence electrons. The predicted molar refractivity (Wildman–Crippen MR) is 52.1 cm³/mol. The second kappa shape index (κ2) is 2.73. The normalized spacial score (nSPS) is 39.8. The van der Waals surface area contributed by atoms with Crippen molar-refractivity contribution in [1.29, 1.82) is 0 Å². The van der Waals surface area contributed by atoms with Crippen LogP contribution in [0.15, 0.2) is 0 Å². The molecule has 1 heteroatoms. The van der Waals surface area contributed by atoms with Crippen molar-refractivity contribution in [3.05, 3.63) is 0 Å². The first kappa shape index (κ1) is 8.55. The number of fused-ring (bicyclic) bond motifs is 1. The molecule has 2 unspecified atom stereocenters. The van der Waals surface area contributed by atoms with E-state index in [4.69, 9.17) is 0 Å². The van der Waals surface area contributed by atoms with Crippen molar-refractivity contribution in [2.24, 2.45) is 17.3 Å². The zero-order valence-electron chi connectivity index (χ0n) is 8.56. The van der Waals surface area contributed by atoms with Crippen LogP contribution in [0.4, 0.5) is 0 Å². The molecule has 1 nitrogen and oxygen atoms in total. The van der Waals surface area contributed by atoms with Crippen LogP contribution in [-0.2, 0) is 0 Å². The average molecular weight is 167 g/mol. The molecule has 0 saturated heterocycles. The highest BCUT2D eigenvalue weighted by Crippen LogP contribution is 2.51. The molecular weight excluding hydrogens is 146 g/mol. The Morgan fingerprint density at radius 3 is 2.17 bits per heavy atom. The summed E-state index contributed by atoms with van der Waals surface area (Å²) in [5.74, 6) is 2.23. The monoisotopic (exact) mass is 167 g/mol. The van der Waals surface area contributed by atoms with E-state index in [1.54, 1.807) is 0 Å². The second-order valence-corrected chi connectivity index (χ2v) is 5.87. The summed E-state index contributed by atoms with van der Waals surface area (Å²) in [4.78, 5) is 0. The van der Waals surface area contributed by atoms with Crippen LogP contribution in [0, 0.1) is 17.3 Å². The van der Waals surface area contributed by atoms with E-state index in [2.05, 4.69) is 26.1 Å². The Labute approximate surface area is 75.9 Å². The summed E-state index contributed by atoms with van der Waals surface area (Å²) in [5.41, 5.74) is 0.451. The van der Waals surface area contributed by atoms with Crippen LogP contribution in [-0.4, -0.2) is 12.6 Å². The summed E-state index contributed by atoms with van der Waals surface area (Å²) < 4.78 is 0. The van der Waals surface area contributed by atoms with Crippen LogP contribution in [0.3, 0.4) is 0 Å². The van der Waals surface area contributed by atoms with Crippen LogP contribution >= 0.6 is 0 Å². The molecule has 0 aromatic carbocycles. The molecule has 2 saturated carbocycles. The molecule has 2 aliphatic rings. The van der Waals surface area contributed by atoms with Crippen molar-refractivity contribution in [3.8, 4) is 0 Å². The predicted octanol–water partition coefficient (Wildman–Crippen LogP) is 2.42. The van der Waals surface area contributed by atoms with Crippen molar-refractivity contribution in [1.82, 2.24) is 5.32 Å². The molecule has 0 amide bonds. The lowest BCUT2D eigenvalue weighted by atomic mass is 9.96. The van der Waals surface area contributed by atoms with Gasteiger partial charge in [-0.25, -0.2) is 0 Å². The quantitative estimate of drug-likeness (QED) is 0.666. The first-order chi connectivity index (χ1) is 5.54. The van der Waals surface area contributed by atoms with Gasteiger partial charge in [0.15, 0.2) is 0 Å². The molecule has 0 aliphatic heterocycles.